The molecule has 0 aliphatic carbocycles. The molecule has 3 unspecified atom stereocenters. The van der Waals surface area contributed by atoms with Crippen LogP contribution in [0.1, 0.15) is 41.0 Å². The highest BCUT2D eigenvalue weighted by Gasteiger charge is 2.46. The highest BCUT2D eigenvalue weighted by Crippen LogP contribution is 2.40. The summed E-state index contributed by atoms with van der Waals surface area (Å²) in [5.41, 5.74) is -0.181. The Balaban J connectivity index is 1.76. The smallest absolute Gasteiger partial charge is 0.335 e. The molecule has 4 rings (SSSR count). The minimum atomic E-state index is -1.58. The number of anilines is 2. The summed E-state index contributed by atoms with van der Waals surface area (Å²) in [5.74, 6) is -6.92. The number of aromatic carboxylic acids is 2. The Morgan fingerprint density at radius 3 is 1.88 bits per heavy atom. The Morgan fingerprint density at radius 1 is 0.902 bits per heavy atom. The third-order valence-electron chi connectivity index (χ3n) is 7.31. The summed E-state index contributed by atoms with van der Waals surface area (Å²) in [6.45, 7) is 10.5. The first-order valence-electron chi connectivity index (χ1n) is 12.2. The van der Waals surface area contributed by atoms with Crippen LogP contribution < -0.4 is 9.80 Å². The number of aliphatic hydroxyl groups excluding tert-OH is 1. The number of benzene rings is 2. The van der Waals surface area contributed by atoms with Crippen LogP contribution in [0.4, 0.5) is 11.4 Å². The molecule has 206 valence electrons. The number of hydrogen-bond donors (Lipinski definition) is 3. The third-order valence-corrected chi connectivity index (χ3v) is 7.31. The molecule has 2 aliphatic rings. The van der Waals surface area contributed by atoms with E-state index in [1.165, 1.54) is 62.4 Å². The molecule has 3 amide bonds. The Hall–Kier alpha value is -5.59. The van der Waals surface area contributed by atoms with Crippen molar-refractivity contribution in [2.24, 2.45) is 11.8 Å². The van der Waals surface area contributed by atoms with E-state index in [4.69, 9.17) is 6.57 Å². The molecule has 41 heavy (non-hydrogen) atoms. The largest absolute Gasteiger partial charge is 0.478 e. The third kappa shape index (κ3) is 4.84. The number of imide groups is 1. The van der Waals surface area contributed by atoms with Gasteiger partial charge in [-0.05, 0) is 73.0 Å². The zero-order chi connectivity index (χ0) is 30.2. The van der Waals surface area contributed by atoms with E-state index in [2.05, 4.69) is 4.85 Å². The quantitative estimate of drug-likeness (QED) is 0.357. The Morgan fingerprint density at radius 2 is 1.41 bits per heavy atom. The van der Waals surface area contributed by atoms with E-state index >= 15 is 0 Å². The van der Waals surface area contributed by atoms with E-state index in [1.807, 2.05) is 6.07 Å². The van der Waals surface area contributed by atoms with Crippen LogP contribution in [0.2, 0.25) is 0 Å². The van der Waals surface area contributed by atoms with Crippen LogP contribution in [0.25, 0.3) is 4.85 Å². The lowest BCUT2D eigenvalue weighted by molar-refractivity contribution is -0.128. The van der Waals surface area contributed by atoms with Crippen molar-refractivity contribution >= 4 is 41.0 Å². The van der Waals surface area contributed by atoms with Gasteiger partial charge in [-0.15, -0.1) is 0 Å². The summed E-state index contributed by atoms with van der Waals surface area (Å²) in [5, 5.41) is 39.5. The molecule has 0 bridgehead atoms. The van der Waals surface area contributed by atoms with Crippen LogP contribution in [-0.2, 0) is 14.4 Å². The van der Waals surface area contributed by atoms with Gasteiger partial charge in [0.05, 0.1) is 29.3 Å². The van der Waals surface area contributed by atoms with Gasteiger partial charge < -0.3 is 15.3 Å². The zero-order valence-corrected chi connectivity index (χ0v) is 21.7. The molecule has 3 atom stereocenters. The average Bonchev–Trinajstić information content (AvgIpc) is 2.93. The van der Waals surface area contributed by atoms with Crippen molar-refractivity contribution in [2.75, 3.05) is 9.80 Å². The molecule has 2 heterocycles. The number of carboxylic acid groups (broad SMARTS) is 2. The lowest BCUT2D eigenvalue weighted by Crippen LogP contribution is -2.52. The van der Waals surface area contributed by atoms with Crippen molar-refractivity contribution in [3.05, 3.63) is 93.5 Å². The summed E-state index contributed by atoms with van der Waals surface area (Å²) >= 11 is 0. The highest BCUT2D eigenvalue weighted by molar-refractivity contribution is 6.25. The number of amides is 3. The van der Waals surface area contributed by atoms with Gasteiger partial charge >= 0.3 is 11.9 Å². The van der Waals surface area contributed by atoms with Crippen LogP contribution in [0.5, 0.6) is 0 Å². The summed E-state index contributed by atoms with van der Waals surface area (Å²) in [4.78, 5) is 67.6. The van der Waals surface area contributed by atoms with E-state index in [0.29, 0.717) is 0 Å². The molecule has 0 spiro atoms. The Labute approximate surface area is 233 Å². The summed E-state index contributed by atoms with van der Waals surface area (Å²) in [6, 6.07) is 11.9. The van der Waals surface area contributed by atoms with E-state index in [0.717, 1.165) is 9.80 Å². The maximum Gasteiger partial charge on any atom is 0.335 e. The molecule has 0 saturated heterocycles. The van der Waals surface area contributed by atoms with Crippen LogP contribution in [-0.4, -0.2) is 51.2 Å². The van der Waals surface area contributed by atoms with Crippen molar-refractivity contribution in [1.29, 1.82) is 5.26 Å². The van der Waals surface area contributed by atoms with Crippen molar-refractivity contribution in [3.63, 3.8) is 0 Å². The molecule has 12 heteroatoms. The Bertz CT molecular complexity index is 1640. The predicted octanol–water partition coefficient (Wildman–Crippen LogP) is 2.98. The molecule has 3 N–H and O–H groups in total. The highest BCUT2D eigenvalue weighted by atomic mass is 16.4. The van der Waals surface area contributed by atoms with E-state index in [-0.39, 0.29) is 51.3 Å². The number of carbonyl (C=O) groups excluding carboxylic acids is 3. The van der Waals surface area contributed by atoms with Gasteiger partial charge in [0.2, 0.25) is 5.91 Å². The van der Waals surface area contributed by atoms with E-state index in [9.17, 15) is 44.6 Å². The van der Waals surface area contributed by atoms with Crippen LogP contribution in [0.3, 0.4) is 0 Å². The number of aliphatic hydroxyl groups is 1. The number of rotatable bonds is 6. The summed E-state index contributed by atoms with van der Waals surface area (Å²) < 4.78 is 0. The minimum Gasteiger partial charge on any atom is -0.478 e. The van der Waals surface area contributed by atoms with Gasteiger partial charge in [-0.2, -0.15) is 5.26 Å². The normalized spacial score (nSPS) is 21.1. The number of nitrogens with zero attached hydrogens (tertiary/aromatic N) is 4. The maximum absolute atomic E-state index is 13.7. The topological polar surface area (TPSA) is 181 Å². The van der Waals surface area contributed by atoms with Gasteiger partial charge in [-0.1, -0.05) is 6.92 Å². The fourth-order valence-corrected chi connectivity index (χ4v) is 5.01. The van der Waals surface area contributed by atoms with Gasteiger partial charge in [0.1, 0.15) is 17.9 Å². The second-order valence-corrected chi connectivity index (χ2v) is 9.48. The number of carbonyl (C=O) groups is 5. The van der Waals surface area contributed by atoms with Gasteiger partial charge in [0, 0.05) is 11.6 Å². The van der Waals surface area contributed by atoms with Crippen LogP contribution >= 0.6 is 0 Å². The van der Waals surface area contributed by atoms with Crippen LogP contribution in [0.15, 0.2) is 70.9 Å². The molecule has 2 aliphatic heterocycles. The number of hydrogen-bond acceptors (Lipinski definition) is 7. The van der Waals surface area contributed by atoms with Crippen molar-refractivity contribution < 1.29 is 39.3 Å². The fraction of sp³-hybridized carbons (Fsp3) is 0.207. The van der Waals surface area contributed by atoms with Gasteiger partial charge in [0.15, 0.2) is 0 Å². The first kappa shape index (κ1) is 28.4. The molecule has 0 saturated carbocycles. The molecular weight excluding hydrogens is 532 g/mol. The second kappa shape index (κ2) is 10.9. The molecule has 0 radical (unpaired) electrons. The molecular formula is C29H22N4O8. The second-order valence-electron chi connectivity index (χ2n) is 9.48. The molecule has 12 nitrogen and oxygen atoms in total. The zero-order valence-electron chi connectivity index (χ0n) is 21.7. The van der Waals surface area contributed by atoms with Gasteiger partial charge in [-0.25, -0.2) is 14.4 Å². The van der Waals surface area contributed by atoms with Gasteiger partial charge in [-0.3, -0.25) is 24.2 Å². The molecule has 0 fully saturated rings. The van der Waals surface area contributed by atoms with Crippen molar-refractivity contribution in [1.82, 2.24) is 0 Å². The van der Waals surface area contributed by atoms with E-state index in [1.54, 1.807) is 0 Å². The first-order chi connectivity index (χ1) is 19.4. The lowest BCUT2D eigenvalue weighted by Gasteiger charge is -2.41. The molecule has 2 aromatic carbocycles. The molecule has 0 aromatic heterocycles. The number of nitriles is 1. The SMILES string of the molecule is [C-]#[N+]C1=C(C)C(CC2C(C)=C(C#N)C(=O)N(c3ccc(C(=O)O)cc3)C2O)C(=O)N(c2ccc(C(=O)O)cc2)C1=O. The average molecular weight is 555 g/mol. The summed E-state index contributed by atoms with van der Waals surface area (Å²) in [6.07, 6.45) is -1.76. The predicted molar refractivity (Wildman–Crippen MR) is 142 cm³/mol. The number of carboxylic acids is 2. The maximum atomic E-state index is 13.7. The fourth-order valence-electron chi connectivity index (χ4n) is 5.01. The standard InChI is InChI=1S/C29H22N4O8/c1-14-20(24(34)32(26(36)22(14)13-30)18-8-4-16(5-9-18)28(38)39)12-21-15(2)23(31-3)27(37)33(25(21)35)19-10-6-17(7-11-19)29(40)41/h4-11,20-21,24,34H,12H2,1-2H3,(H,38,39)(H,40,41). The van der Waals surface area contributed by atoms with Crippen molar-refractivity contribution in [2.45, 2.75) is 26.5 Å². The Kier molecular flexibility index (Phi) is 7.54. The minimum absolute atomic E-state index is 0.0492. The first-order valence-corrected chi connectivity index (χ1v) is 12.2. The molecule has 2 aromatic rings. The summed E-state index contributed by atoms with van der Waals surface area (Å²) in [7, 11) is 0. The monoisotopic (exact) mass is 554 g/mol. The lowest BCUT2D eigenvalue weighted by atomic mass is 9.78. The van der Waals surface area contributed by atoms with Gasteiger partial charge in [0.25, 0.3) is 17.5 Å². The van der Waals surface area contributed by atoms with Crippen molar-refractivity contribution in [3.8, 4) is 6.07 Å². The van der Waals surface area contributed by atoms with Crippen LogP contribution in [0, 0.1) is 29.7 Å². The van der Waals surface area contributed by atoms with E-state index < -0.39 is 47.7 Å².